The molecule has 0 fully saturated rings. The second-order valence-electron chi connectivity index (χ2n) is 3.41. The molecule has 0 saturated heterocycles. The van der Waals surface area contributed by atoms with Crippen LogP contribution in [0.3, 0.4) is 0 Å². The maximum atomic E-state index is 11.2. The molecule has 0 bridgehead atoms. The SMILES string of the molecule is COc1nccnc1-c1ccc(Br)cc1C(=O)O. The first-order valence-electron chi connectivity index (χ1n) is 5.01. The summed E-state index contributed by atoms with van der Waals surface area (Å²) in [5.74, 6) is -0.735. The Morgan fingerprint density at radius 2 is 2.06 bits per heavy atom. The Kier molecular flexibility index (Phi) is 3.57. The lowest BCUT2D eigenvalue weighted by molar-refractivity contribution is 0.0697. The third kappa shape index (κ3) is 2.33. The topological polar surface area (TPSA) is 72.3 Å². The third-order valence-electron chi connectivity index (χ3n) is 2.33. The summed E-state index contributed by atoms with van der Waals surface area (Å²) in [6, 6.07) is 4.93. The van der Waals surface area contributed by atoms with Crippen molar-refractivity contribution in [3.63, 3.8) is 0 Å². The van der Waals surface area contributed by atoms with Crippen molar-refractivity contribution >= 4 is 21.9 Å². The van der Waals surface area contributed by atoms with E-state index < -0.39 is 5.97 Å². The monoisotopic (exact) mass is 308 g/mol. The van der Waals surface area contributed by atoms with Crippen LogP contribution < -0.4 is 4.74 Å². The molecule has 5 nitrogen and oxygen atoms in total. The summed E-state index contributed by atoms with van der Waals surface area (Å²) >= 11 is 3.24. The van der Waals surface area contributed by atoms with Crippen LogP contribution in [-0.4, -0.2) is 28.2 Å². The number of aromatic carboxylic acids is 1. The second kappa shape index (κ2) is 5.14. The van der Waals surface area contributed by atoms with E-state index in [0.717, 1.165) is 0 Å². The largest absolute Gasteiger partial charge is 0.479 e. The molecule has 18 heavy (non-hydrogen) atoms. The van der Waals surface area contributed by atoms with Crippen molar-refractivity contribution in [1.82, 2.24) is 9.97 Å². The van der Waals surface area contributed by atoms with Gasteiger partial charge in [-0.2, -0.15) is 0 Å². The number of hydrogen-bond donors (Lipinski definition) is 1. The smallest absolute Gasteiger partial charge is 0.336 e. The van der Waals surface area contributed by atoms with E-state index in [9.17, 15) is 9.90 Å². The predicted molar refractivity (Wildman–Crippen MR) is 68.7 cm³/mol. The summed E-state index contributed by atoms with van der Waals surface area (Å²) in [7, 11) is 1.47. The number of rotatable bonds is 3. The number of carboxylic acids is 1. The average Bonchev–Trinajstić information content (AvgIpc) is 2.38. The number of carboxylic acid groups (broad SMARTS) is 1. The lowest BCUT2D eigenvalue weighted by Gasteiger charge is -2.09. The summed E-state index contributed by atoms with van der Waals surface area (Å²) < 4.78 is 5.77. The fourth-order valence-electron chi connectivity index (χ4n) is 1.56. The molecule has 2 aromatic rings. The van der Waals surface area contributed by atoms with Crippen LogP contribution in [-0.2, 0) is 0 Å². The van der Waals surface area contributed by atoms with E-state index in [-0.39, 0.29) is 5.56 Å². The molecule has 2 rings (SSSR count). The highest BCUT2D eigenvalue weighted by Gasteiger charge is 2.17. The maximum Gasteiger partial charge on any atom is 0.336 e. The van der Waals surface area contributed by atoms with Gasteiger partial charge in [0.2, 0.25) is 5.88 Å². The van der Waals surface area contributed by atoms with Crippen LogP contribution in [0, 0.1) is 0 Å². The molecular formula is C12H9BrN2O3. The Morgan fingerprint density at radius 1 is 1.33 bits per heavy atom. The van der Waals surface area contributed by atoms with Gasteiger partial charge in [-0.05, 0) is 12.1 Å². The highest BCUT2D eigenvalue weighted by molar-refractivity contribution is 9.10. The van der Waals surface area contributed by atoms with Gasteiger partial charge in [-0.3, -0.25) is 0 Å². The Labute approximate surface area is 112 Å². The summed E-state index contributed by atoms with van der Waals surface area (Å²) in [4.78, 5) is 19.4. The summed E-state index contributed by atoms with van der Waals surface area (Å²) in [5.41, 5.74) is 1.02. The van der Waals surface area contributed by atoms with Gasteiger partial charge in [0.25, 0.3) is 0 Å². The van der Waals surface area contributed by atoms with Crippen molar-refractivity contribution < 1.29 is 14.6 Å². The highest BCUT2D eigenvalue weighted by atomic mass is 79.9. The molecule has 0 aliphatic rings. The fourth-order valence-corrected chi connectivity index (χ4v) is 1.92. The van der Waals surface area contributed by atoms with Crippen molar-refractivity contribution in [2.45, 2.75) is 0 Å². The first-order chi connectivity index (χ1) is 8.63. The van der Waals surface area contributed by atoms with Crippen LogP contribution in [0.25, 0.3) is 11.3 Å². The van der Waals surface area contributed by atoms with Gasteiger partial charge < -0.3 is 9.84 Å². The van der Waals surface area contributed by atoms with Crippen molar-refractivity contribution in [2.75, 3.05) is 7.11 Å². The Morgan fingerprint density at radius 3 is 2.72 bits per heavy atom. The molecule has 92 valence electrons. The molecule has 0 atom stereocenters. The lowest BCUT2D eigenvalue weighted by atomic mass is 10.0. The molecule has 0 aliphatic heterocycles. The molecule has 0 amide bonds. The minimum absolute atomic E-state index is 0.142. The zero-order chi connectivity index (χ0) is 13.1. The van der Waals surface area contributed by atoms with Crippen LogP contribution in [0.4, 0.5) is 0 Å². The van der Waals surface area contributed by atoms with Crippen molar-refractivity contribution in [2.24, 2.45) is 0 Å². The molecule has 0 saturated carbocycles. The molecule has 1 aromatic carbocycles. The zero-order valence-electron chi connectivity index (χ0n) is 9.42. The zero-order valence-corrected chi connectivity index (χ0v) is 11.0. The molecule has 0 spiro atoms. The Balaban J connectivity index is 2.67. The van der Waals surface area contributed by atoms with Crippen LogP contribution in [0.1, 0.15) is 10.4 Å². The highest BCUT2D eigenvalue weighted by Crippen LogP contribution is 2.30. The summed E-state index contributed by atoms with van der Waals surface area (Å²) in [5, 5.41) is 9.21. The number of halogens is 1. The molecule has 1 heterocycles. The Hall–Kier alpha value is -1.95. The van der Waals surface area contributed by atoms with Gasteiger partial charge in [-0.25, -0.2) is 14.8 Å². The average molecular weight is 309 g/mol. The van der Waals surface area contributed by atoms with E-state index in [4.69, 9.17) is 4.74 Å². The fraction of sp³-hybridized carbons (Fsp3) is 0.0833. The number of methoxy groups -OCH3 is 1. The van der Waals surface area contributed by atoms with Crippen molar-refractivity contribution in [3.8, 4) is 17.1 Å². The van der Waals surface area contributed by atoms with E-state index >= 15 is 0 Å². The molecule has 1 aromatic heterocycles. The van der Waals surface area contributed by atoms with Gasteiger partial charge >= 0.3 is 5.97 Å². The van der Waals surface area contributed by atoms with E-state index in [1.165, 1.54) is 25.6 Å². The minimum Gasteiger partial charge on any atom is -0.479 e. The van der Waals surface area contributed by atoms with Gasteiger partial charge in [-0.15, -0.1) is 0 Å². The molecule has 0 unspecified atom stereocenters. The molecule has 0 aliphatic carbocycles. The van der Waals surface area contributed by atoms with E-state index in [0.29, 0.717) is 21.6 Å². The van der Waals surface area contributed by atoms with Crippen LogP contribution >= 0.6 is 15.9 Å². The number of carbonyl (C=O) groups is 1. The van der Waals surface area contributed by atoms with E-state index in [2.05, 4.69) is 25.9 Å². The molecular weight excluding hydrogens is 300 g/mol. The molecule has 6 heteroatoms. The van der Waals surface area contributed by atoms with Gasteiger partial charge in [0.05, 0.1) is 12.7 Å². The summed E-state index contributed by atoms with van der Waals surface area (Å²) in [6.45, 7) is 0. The predicted octanol–water partition coefficient (Wildman–Crippen LogP) is 2.61. The van der Waals surface area contributed by atoms with Gasteiger partial charge in [0.15, 0.2) is 0 Å². The number of benzene rings is 1. The number of ether oxygens (including phenoxy) is 1. The van der Waals surface area contributed by atoms with E-state index in [1.807, 2.05) is 0 Å². The quantitative estimate of drug-likeness (QED) is 0.943. The lowest BCUT2D eigenvalue weighted by Crippen LogP contribution is -2.02. The van der Waals surface area contributed by atoms with Gasteiger partial charge in [-0.1, -0.05) is 22.0 Å². The first kappa shape index (κ1) is 12.5. The van der Waals surface area contributed by atoms with Crippen LogP contribution in [0.15, 0.2) is 35.1 Å². The Bertz CT molecular complexity index is 602. The molecule has 1 N–H and O–H groups in total. The standard InChI is InChI=1S/C12H9BrN2O3/c1-18-11-10(14-4-5-15-11)8-3-2-7(13)6-9(8)12(16)17/h2-6H,1H3,(H,16,17). The second-order valence-corrected chi connectivity index (χ2v) is 4.32. The first-order valence-corrected chi connectivity index (χ1v) is 5.81. The van der Waals surface area contributed by atoms with Crippen molar-refractivity contribution in [3.05, 3.63) is 40.6 Å². The maximum absolute atomic E-state index is 11.2. The summed E-state index contributed by atoms with van der Waals surface area (Å²) in [6.07, 6.45) is 2.98. The third-order valence-corrected chi connectivity index (χ3v) is 2.82. The van der Waals surface area contributed by atoms with Gasteiger partial charge in [0.1, 0.15) is 5.69 Å². The van der Waals surface area contributed by atoms with Crippen molar-refractivity contribution in [1.29, 1.82) is 0 Å². The number of hydrogen-bond acceptors (Lipinski definition) is 4. The minimum atomic E-state index is -1.03. The normalized spacial score (nSPS) is 10.1. The van der Waals surface area contributed by atoms with Crippen LogP contribution in [0.5, 0.6) is 5.88 Å². The van der Waals surface area contributed by atoms with Crippen LogP contribution in [0.2, 0.25) is 0 Å². The van der Waals surface area contributed by atoms with E-state index in [1.54, 1.807) is 12.1 Å². The van der Waals surface area contributed by atoms with Gasteiger partial charge in [0, 0.05) is 22.4 Å². The number of nitrogens with zero attached hydrogens (tertiary/aromatic N) is 2. The number of aromatic nitrogens is 2. The molecule has 0 radical (unpaired) electrons.